The number of aromatic hydroxyl groups is 2. The maximum Gasteiger partial charge on any atom is 0.257 e. The zero-order valence-electron chi connectivity index (χ0n) is 11.4. The highest BCUT2D eigenvalue weighted by molar-refractivity contribution is 5.96. The Kier molecular flexibility index (Phi) is 3.89. The first-order chi connectivity index (χ1) is 9.47. The van der Waals surface area contributed by atoms with Crippen molar-refractivity contribution in [2.45, 2.75) is 13.5 Å². The lowest BCUT2D eigenvalue weighted by molar-refractivity contribution is 0.0780. The lowest BCUT2D eigenvalue weighted by Gasteiger charge is -2.17. The smallest absolute Gasteiger partial charge is 0.257 e. The number of phenolic OH excluding ortho intramolecular Hbond substituents is 2. The van der Waals surface area contributed by atoms with E-state index in [1.54, 1.807) is 7.05 Å². The van der Waals surface area contributed by atoms with Crippen LogP contribution in [0.25, 0.3) is 0 Å². The molecule has 0 atom stereocenters. The number of hydrogen-bond donors (Lipinski definition) is 2. The number of carbonyl (C=O) groups excluding carboxylic acids is 1. The van der Waals surface area contributed by atoms with Crippen molar-refractivity contribution in [1.82, 2.24) is 9.88 Å². The second kappa shape index (κ2) is 5.61. The topological polar surface area (TPSA) is 73.7 Å². The fourth-order valence-electron chi connectivity index (χ4n) is 1.91. The van der Waals surface area contributed by atoms with Gasteiger partial charge >= 0.3 is 0 Å². The van der Waals surface area contributed by atoms with Crippen LogP contribution in [-0.4, -0.2) is 33.1 Å². The van der Waals surface area contributed by atoms with Gasteiger partial charge < -0.3 is 15.1 Å². The van der Waals surface area contributed by atoms with Crippen molar-refractivity contribution in [3.8, 4) is 11.5 Å². The van der Waals surface area contributed by atoms with Crippen LogP contribution in [0.5, 0.6) is 11.5 Å². The van der Waals surface area contributed by atoms with Crippen molar-refractivity contribution >= 4 is 5.91 Å². The number of benzene rings is 1. The number of carbonyl (C=O) groups is 1. The monoisotopic (exact) mass is 272 g/mol. The molecule has 0 aliphatic rings. The molecule has 0 aliphatic carbocycles. The summed E-state index contributed by atoms with van der Waals surface area (Å²) in [5.41, 5.74) is 1.81. The van der Waals surface area contributed by atoms with E-state index in [1.807, 2.05) is 25.1 Å². The van der Waals surface area contributed by atoms with Gasteiger partial charge in [0, 0.05) is 18.8 Å². The van der Waals surface area contributed by atoms with Crippen molar-refractivity contribution in [3.05, 3.63) is 53.3 Å². The van der Waals surface area contributed by atoms with E-state index in [1.165, 1.54) is 17.0 Å². The maximum absolute atomic E-state index is 12.2. The minimum Gasteiger partial charge on any atom is -0.508 e. The number of aryl methyl sites for hydroxylation is 1. The van der Waals surface area contributed by atoms with Gasteiger partial charge in [-0.05, 0) is 31.2 Å². The number of pyridine rings is 1. The Morgan fingerprint density at radius 1 is 1.25 bits per heavy atom. The van der Waals surface area contributed by atoms with E-state index < -0.39 is 0 Å². The van der Waals surface area contributed by atoms with E-state index in [4.69, 9.17) is 0 Å². The Morgan fingerprint density at radius 2 is 2.00 bits per heavy atom. The molecule has 0 saturated carbocycles. The molecular weight excluding hydrogens is 256 g/mol. The molecule has 20 heavy (non-hydrogen) atoms. The molecule has 0 fully saturated rings. The molecule has 0 spiro atoms. The van der Waals surface area contributed by atoms with Crippen LogP contribution < -0.4 is 0 Å². The zero-order valence-corrected chi connectivity index (χ0v) is 11.4. The summed E-state index contributed by atoms with van der Waals surface area (Å²) >= 11 is 0. The van der Waals surface area contributed by atoms with Gasteiger partial charge in [-0.2, -0.15) is 0 Å². The van der Waals surface area contributed by atoms with E-state index in [2.05, 4.69) is 4.98 Å². The highest BCUT2D eigenvalue weighted by Crippen LogP contribution is 2.23. The molecule has 2 rings (SSSR count). The lowest BCUT2D eigenvalue weighted by atomic mass is 10.1. The molecule has 1 aromatic heterocycles. The Labute approximate surface area is 117 Å². The largest absolute Gasteiger partial charge is 0.508 e. The van der Waals surface area contributed by atoms with Gasteiger partial charge in [0.2, 0.25) is 0 Å². The number of phenols is 2. The Bertz CT molecular complexity index is 641. The first-order valence-corrected chi connectivity index (χ1v) is 6.17. The molecular formula is C15H16N2O3. The second-order valence-corrected chi connectivity index (χ2v) is 4.63. The predicted octanol–water partition coefficient (Wildman–Crippen LogP) is 2.07. The van der Waals surface area contributed by atoms with Crippen LogP contribution in [0, 0.1) is 6.92 Å². The van der Waals surface area contributed by atoms with Gasteiger partial charge in [0.25, 0.3) is 5.91 Å². The summed E-state index contributed by atoms with van der Waals surface area (Å²) in [4.78, 5) is 18.0. The Morgan fingerprint density at radius 3 is 2.65 bits per heavy atom. The third kappa shape index (κ3) is 3.06. The van der Waals surface area contributed by atoms with Crippen LogP contribution in [-0.2, 0) is 6.54 Å². The van der Waals surface area contributed by atoms with Crippen molar-refractivity contribution in [1.29, 1.82) is 0 Å². The molecule has 5 nitrogen and oxygen atoms in total. The van der Waals surface area contributed by atoms with Gasteiger partial charge in [-0.15, -0.1) is 0 Å². The fourth-order valence-corrected chi connectivity index (χ4v) is 1.91. The first-order valence-electron chi connectivity index (χ1n) is 6.17. The highest BCUT2D eigenvalue weighted by atomic mass is 16.3. The van der Waals surface area contributed by atoms with E-state index in [0.29, 0.717) is 6.54 Å². The van der Waals surface area contributed by atoms with E-state index in [9.17, 15) is 15.0 Å². The van der Waals surface area contributed by atoms with Gasteiger partial charge in [-0.25, -0.2) is 0 Å². The lowest BCUT2D eigenvalue weighted by Crippen LogP contribution is -2.26. The predicted molar refractivity (Wildman–Crippen MR) is 74.5 cm³/mol. The van der Waals surface area contributed by atoms with Crippen molar-refractivity contribution < 1.29 is 15.0 Å². The van der Waals surface area contributed by atoms with Crippen LogP contribution in [0.15, 0.2) is 36.4 Å². The number of aromatic nitrogens is 1. The van der Waals surface area contributed by atoms with Gasteiger partial charge in [-0.3, -0.25) is 9.78 Å². The highest BCUT2D eigenvalue weighted by Gasteiger charge is 2.16. The summed E-state index contributed by atoms with van der Waals surface area (Å²) in [5.74, 6) is -0.646. The number of rotatable bonds is 3. The van der Waals surface area contributed by atoms with Crippen molar-refractivity contribution in [2.75, 3.05) is 7.05 Å². The molecule has 1 aromatic carbocycles. The third-order valence-electron chi connectivity index (χ3n) is 2.90. The molecule has 2 aromatic rings. The summed E-state index contributed by atoms with van der Waals surface area (Å²) in [6.07, 6.45) is 0. The zero-order chi connectivity index (χ0) is 14.7. The molecule has 0 aliphatic heterocycles. The quantitative estimate of drug-likeness (QED) is 0.897. The van der Waals surface area contributed by atoms with Crippen LogP contribution >= 0.6 is 0 Å². The normalized spacial score (nSPS) is 10.3. The van der Waals surface area contributed by atoms with Gasteiger partial charge in [0.15, 0.2) is 0 Å². The fraction of sp³-hybridized carbons (Fsp3) is 0.200. The summed E-state index contributed by atoms with van der Waals surface area (Å²) < 4.78 is 0. The number of amides is 1. The minimum atomic E-state index is -0.328. The molecule has 1 heterocycles. The van der Waals surface area contributed by atoms with Crippen LogP contribution in [0.3, 0.4) is 0 Å². The SMILES string of the molecule is Cc1cccc(CN(C)C(=O)c2ccc(O)cc2O)n1. The third-order valence-corrected chi connectivity index (χ3v) is 2.90. The number of hydrogen-bond acceptors (Lipinski definition) is 4. The molecule has 0 unspecified atom stereocenters. The van der Waals surface area contributed by atoms with Gasteiger partial charge in [-0.1, -0.05) is 6.07 Å². The minimum absolute atomic E-state index is 0.0814. The maximum atomic E-state index is 12.2. The summed E-state index contributed by atoms with van der Waals surface area (Å²) in [6, 6.07) is 9.52. The van der Waals surface area contributed by atoms with Gasteiger partial charge in [0.05, 0.1) is 17.8 Å². The van der Waals surface area contributed by atoms with Crippen molar-refractivity contribution in [3.63, 3.8) is 0 Å². The summed E-state index contributed by atoms with van der Waals surface area (Å²) in [7, 11) is 1.64. The van der Waals surface area contributed by atoms with Crippen LogP contribution in [0.1, 0.15) is 21.7 Å². The molecule has 0 radical (unpaired) electrons. The molecule has 1 amide bonds. The van der Waals surface area contributed by atoms with E-state index in [0.717, 1.165) is 17.5 Å². The average Bonchev–Trinajstić information content (AvgIpc) is 2.38. The van der Waals surface area contributed by atoms with E-state index in [-0.39, 0.29) is 23.0 Å². The molecule has 0 bridgehead atoms. The van der Waals surface area contributed by atoms with Crippen LogP contribution in [0.2, 0.25) is 0 Å². The standard InChI is InChI=1S/C15H16N2O3/c1-10-4-3-5-11(16-10)9-17(2)15(20)13-7-6-12(18)8-14(13)19/h3-8,18-19H,9H2,1-2H3. The van der Waals surface area contributed by atoms with E-state index >= 15 is 0 Å². The average molecular weight is 272 g/mol. The first kappa shape index (κ1) is 13.9. The van der Waals surface area contributed by atoms with Crippen LogP contribution in [0.4, 0.5) is 0 Å². The summed E-state index contributed by atoms with van der Waals surface area (Å²) in [5, 5.41) is 18.9. The molecule has 5 heteroatoms. The molecule has 0 saturated heterocycles. The molecule has 104 valence electrons. The second-order valence-electron chi connectivity index (χ2n) is 4.63. The Hall–Kier alpha value is -2.56. The summed E-state index contributed by atoms with van der Waals surface area (Å²) in [6.45, 7) is 2.23. The Balaban J connectivity index is 2.16. The molecule has 2 N–H and O–H groups in total. The van der Waals surface area contributed by atoms with Crippen molar-refractivity contribution in [2.24, 2.45) is 0 Å². The van der Waals surface area contributed by atoms with Gasteiger partial charge in [0.1, 0.15) is 11.5 Å². The number of nitrogens with zero attached hydrogens (tertiary/aromatic N) is 2.